The summed E-state index contributed by atoms with van der Waals surface area (Å²) in [5.74, 6) is 5.83. The number of hydrogen-bond donors (Lipinski definition) is 0. The standard InChI is InChI=1S/C10H18S4Te2/c1-3-5-11-9(7-13-9)15-16-10(8-14-10)12-6-4-2/h3-8H2,1-2H3. The second-order valence-electron chi connectivity index (χ2n) is 3.81. The van der Waals surface area contributed by atoms with E-state index in [1.54, 1.807) is 0 Å². The van der Waals surface area contributed by atoms with Gasteiger partial charge in [0.1, 0.15) is 0 Å². The van der Waals surface area contributed by atoms with Gasteiger partial charge in [-0.05, 0) is 0 Å². The van der Waals surface area contributed by atoms with Crippen molar-refractivity contribution >= 4 is 81.2 Å². The van der Waals surface area contributed by atoms with Crippen LogP contribution in [0.1, 0.15) is 26.7 Å². The van der Waals surface area contributed by atoms with Crippen molar-refractivity contribution in [1.82, 2.24) is 0 Å². The molecule has 0 aliphatic carbocycles. The topological polar surface area (TPSA) is 0 Å². The van der Waals surface area contributed by atoms with E-state index in [0.29, 0.717) is 34.1 Å². The first-order valence-electron chi connectivity index (χ1n) is 5.67. The van der Waals surface area contributed by atoms with E-state index in [0.717, 1.165) is 4.25 Å². The molecule has 2 fully saturated rings. The van der Waals surface area contributed by atoms with E-state index in [9.17, 15) is 0 Å². The zero-order valence-electron chi connectivity index (χ0n) is 9.69. The molecule has 2 saturated heterocycles. The van der Waals surface area contributed by atoms with Gasteiger partial charge in [0.05, 0.1) is 0 Å². The first-order chi connectivity index (χ1) is 7.74. The Kier molecular flexibility index (Phi) is 6.84. The van der Waals surface area contributed by atoms with Crippen molar-refractivity contribution in [3.63, 3.8) is 0 Å². The maximum absolute atomic E-state index is 2.32. The summed E-state index contributed by atoms with van der Waals surface area (Å²) in [5.41, 5.74) is 0. The van der Waals surface area contributed by atoms with Gasteiger partial charge in [-0.25, -0.2) is 0 Å². The first kappa shape index (κ1) is 15.4. The SMILES string of the molecule is CCCSC1([Te][Te]C2(SCCC)CS2)CS1. The summed E-state index contributed by atoms with van der Waals surface area (Å²) in [6.45, 7) is 4.64. The molecule has 0 amide bonds. The quantitative estimate of drug-likeness (QED) is 0.337. The second-order valence-corrected chi connectivity index (χ2v) is 24.2. The predicted octanol–water partition coefficient (Wildman–Crippen LogP) is 3.40. The van der Waals surface area contributed by atoms with Gasteiger partial charge in [-0.2, -0.15) is 0 Å². The summed E-state index contributed by atoms with van der Waals surface area (Å²) in [5, 5.41) is 0. The van der Waals surface area contributed by atoms with Crippen LogP contribution in [-0.4, -0.2) is 61.4 Å². The normalized spacial score (nSPS) is 36.4. The molecule has 0 aromatic heterocycles. The number of rotatable bonds is 9. The van der Waals surface area contributed by atoms with E-state index in [4.69, 9.17) is 0 Å². The number of thioether (sulfide) groups is 4. The molecule has 16 heavy (non-hydrogen) atoms. The van der Waals surface area contributed by atoms with Crippen molar-refractivity contribution < 1.29 is 0 Å². The summed E-state index contributed by atoms with van der Waals surface area (Å²) < 4.78 is 1.68. The Labute approximate surface area is 133 Å². The Hall–Kier alpha value is 2.98. The molecule has 0 nitrogen and oxygen atoms in total. The summed E-state index contributed by atoms with van der Waals surface area (Å²) in [6.07, 6.45) is 2.73. The van der Waals surface area contributed by atoms with E-state index in [2.05, 4.69) is 60.9 Å². The molecule has 0 aromatic carbocycles. The first-order valence-corrected chi connectivity index (χ1v) is 19.3. The molecule has 2 aliphatic rings. The Bertz CT molecular complexity index is 205. The van der Waals surface area contributed by atoms with E-state index in [1.807, 2.05) is 0 Å². The fourth-order valence-electron chi connectivity index (χ4n) is 1.07. The summed E-state index contributed by atoms with van der Waals surface area (Å²) in [7, 11) is 0. The molecule has 2 atom stereocenters. The fraction of sp³-hybridized carbons (Fsp3) is 1.00. The monoisotopic (exact) mass is 526 g/mol. The average molecular weight is 522 g/mol. The Morgan fingerprint density at radius 3 is 1.56 bits per heavy atom. The van der Waals surface area contributed by atoms with Crippen LogP contribution in [0.2, 0.25) is 0 Å². The zero-order valence-corrected chi connectivity index (χ0v) is 17.6. The van der Waals surface area contributed by atoms with Gasteiger partial charge in [-0.15, -0.1) is 0 Å². The summed E-state index contributed by atoms with van der Waals surface area (Å²) >= 11 is 9.92. The molecule has 0 radical (unpaired) electrons. The van der Waals surface area contributed by atoms with Crippen molar-refractivity contribution in [2.24, 2.45) is 0 Å². The van der Waals surface area contributed by atoms with E-state index >= 15 is 0 Å². The van der Waals surface area contributed by atoms with Crippen LogP contribution in [0.3, 0.4) is 0 Å². The van der Waals surface area contributed by atoms with Crippen molar-refractivity contribution in [3.8, 4) is 0 Å². The Morgan fingerprint density at radius 1 is 0.938 bits per heavy atom. The molecule has 2 unspecified atom stereocenters. The molecule has 0 saturated carbocycles. The molecule has 6 heteroatoms. The van der Waals surface area contributed by atoms with Gasteiger partial charge in [0.2, 0.25) is 0 Å². The third-order valence-electron chi connectivity index (χ3n) is 2.11. The second kappa shape index (κ2) is 7.12. The van der Waals surface area contributed by atoms with E-state index in [1.165, 1.54) is 35.9 Å². The fourth-order valence-corrected chi connectivity index (χ4v) is 38.0. The number of hydrogen-bond acceptors (Lipinski definition) is 4. The third kappa shape index (κ3) is 4.82. The van der Waals surface area contributed by atoms with Crippen LogP contribution in [0, 0.1) is 0 Å². The zero-order chi connectivity index (χ0) is 11.5. The summed E-state index contributed by atoms with van der Waals surface area (Å²) in [6, 6.07) is 0. The minimum atomic E-state index is 0.358. The molecular weight excluding hydrogens is 504 g/mol. The van der Waals surface area contributed by atoms with Crippen LogP contribution < -0.4 is 0 Å². The molecule has 0 N–H and O–H groups in total. The summed E-state index contributed by atoms with van der Waals surface area (Å²) in [4.78, 5) is 0. The average Bonchev–Trinajstić information content (AvgIpc) is 3.19. The van der Waals surface area contributed by atoms with Gasteiger partial charge in [0.25, 0.3) is 0 Å². The van der Waals surface area contributed by atoms with Crippen molar-refractivity contribution in [3.05, 3.63) is 0 Å². The van der Waals surface area contributed by atoms with Crippen molar-refractivity contribution in [1.29, 1.82) is 0 Å². The molecular formula is C10H18S4Te2. The van der Waals surface area contributed by atoms with Crippen LogP contribution in [0.4, 0.5) is 0 Å². The van der Waals surface area contributed by atoms with Gasteiger partial charge >= 0.3 is 135 Å². The predicted molar refractivity (Wildman–Crippen MR) is 87.4 cm³/mol. The third-order valence-corrected chi connectivity index (χ3v) is 39.2. The van der Waals surface area contributed by atoms with Crippen molar-refractivity contribution in [2.45, 2.75) is 30.9 Å². The molecule has 2 rings (SSSR count). The van der Waals surface area contributed by atoms with Crippen LogP contribution in [-0.2, 0) is 0 Å². The molecule has 0 bridgehead atoms. The van der Waals surface area contributed by atoms with Crippen LogP contribution in [0.25, 0.3) is 0 Å². The molecule has 2 heterocycles. The van der Waals surface area contributed by atoms with Gasteiger partial charge in [-0.1, -0.05) is 0 Å². The van der Waals surface area contributed by atoms with Crippen LogP contribution in [0.15, 0.2) is 0 Å². The van der Waals surface area contributed by atoms with Gasteiger partial charge < -0.3 is 0 Å². The van der Waals surface area contributed by atoms with Gasteiger partial charge in [0, 0.05) is 0 Å². The molecule has 94 valence electrons. The van der Waals surface area contributed by atoms with Crippen molar-refractivity contribution in [2.75, 3.05) is 23.0 Å². The molecule has 0 aromatic rings. The van der Waals surface area contributed by atoms with E-state index < -0.39 is 0 Å². The Morgan fingerprint density at radius 2 is 1.31 bits per heavy atom. The van der Waals surface area contributed by atoms with E-state index in [-0.39, 0.29) is 0 Å². The Balaban J connectivity index is 1.67. The van der Waals surface area contributed by atoms with Crippen LogP contribution in [0.5, 0.6) is 0 Å². The van der Waals surface area contributed by atoms with Gasteiger partial charge in [0.15, 0.2) is 0 Å². The minimum absolute atomic E-state index is 0.358. The molecule has 0 spiro atoms. The van der Waals surface area contributed by atoms with Gasteiger partial charge in [-0.3, -0.25) is 0 Å². The molecule has 2 aliphatic heterocycles. The van der Waals surface area contributed by atoms with Crippen LogP contribution >= 0.6 is 47.0 Å². The maximum atomic E-state index is 2.32.